The van der Waals surface area contributed by atoms with Gasteiger partial charge in [-0.05, 0) is 20.3 Å². The molecule has 0 fully saturated rings. The SMILES string of the molecule is CCC(C#N)Oc1cnn(C(C)C)c1. The minimum Gasteiger partial charge on any atom is -0.472 e. The molecule has 0 aliphatic heterocycles. The van der Waals surface area contributed by atoms with E-state index in [1.807, 2.05) is 27.0 Å². The maximum atomic E-state index is 8.70. The van der Waals surface area contributed by atoms with Crippen molar-refractivity contribution in [3.05, 3.63) is 12.4 Å². The van der Waals surface area contributed by atoms with E-state index in [9.17, 15) is 0 Å². The van der Waals surface area contributed by atoms with Gasteiger partial charge in [0.25, 0.3) is 0 Å². The summed E-state index contributed by atoms with van der Waals surface area (Å²) in [7, 11) is 0. The van der Waals surface area contributed by atoms with Gasteiger partial charge in [0.05, 0.1) is 12.4 Å². The number of nitrogens with zero attached hydrogens (tertiary/aromatic N) is 3. The second-order valence-electron chi connectivity index (χ2n) is 3.39. The molecule has 0 saturated carbocycles. The topological polar surface area (TPSA) is 50.8 Å². The number of aromatic nitrogens is 2. The first-order valence-electron chi connectivity index (χ1n) is 4.77. The fourth-order valence-corrected chi connectivity index (χ4v) is 1.03. The molecular formula is C10H15N3O. The Bertz CT molecular complexity index is 324. The molecular weight excluding hydrogens is 178 g/mol. The molecule has 1 rings (SSSR count). The van der Waals surface area contributed by atoms with Gasteiger partial charge in [-0.3, -0.25) is 4.68 Å². The average Bonchev–Trinajstić information content (AvgIpc) is 2.62. The lowest BCUT2D eigenvalue weighted by molar-refractivity contribution is 0.251. The maximum absolute atomic E-state index is 8.70. The fraction of sp³-hybridized carbons (Fsp3) is 0.600. The molecule has 1 aromatic heterocycles. The Kier molecular flexibility index (Phi) is 3.52. The molecule has 0 aromatic carbocycles. The molecule has 1 aromatic rings. The quantitative estimate of drug-likeness (QED) is 0.736. The van der Waals surface area contributed by atoms with Gasteiger partial charge in [0.1, 0.15) is 6.07 Å². The summed E-state index contributed by atoms with van der Waals surface area (Å²) in [5.41, 5.74) is 0. The van der Waals surface area contributed by atoms with E-state index in [2.05, 4.69) is 11.2 Å². The summed E-state index contributed by atoms with van der Waals surface area (Å²) in [6, 6.07) is 2.39. The molecule has 4 heteroatoms. The molecule has 14 heavy (non-hydrogen) atoms. The third-order valence-corrected chi connectivity index (χ3v) is 1.90. The lowest BCUT2D eigenvalue weighted by atomic mass is 10.3. The minimum atomic E-state index is -0.375. The average molecular weight is 193 g/mol. The standard InChI is InChI=1S/C10H15N3O/c1-4-9(5-11)14-10-6-12-13(7-10)8(2)3/h6-9H,4H2,1-3H3. The molecule has 76 valence electrons. The van der Waals surface area contributed by atoms with Crippen LogP contribution < -0.4 is 4.74 Å². The molecule has 1 unspecified atom stereocenters. The van der Waals surface area contributed by atoms with Crippen molar-refractivity contribution in [3.63, 3.8) is 0 Å². The summed E-state index contributed by atoms with van der Waals surface area (Å²) < 4.78 is 7.20. The third-order valence-electron chi connectivity index (χ3n) is 1.90. The van der Waals surface area contributed by atoms with Crippen molar-refractivity contribution < 1.29 is 4.74 Å². The normalized spacial score (nSPS) is 12.5. The minimum absolute atomic E-state index is 0.314. The Labute approximate surface area is 84.1 Å². The number of ether oxygens (including phenoxy) is 1. The van der Waals surface area contributed by atoms with Crippen LogP contribution in [0.25, 0.3) is 0 Å². The summed E-state index contributed by atoms with van der Waals surface area (Å²) in [4.78, 5) is 0. The van der Waals surface area contributed by atoms with Gasteiger partial charge in [0.15, 0.2) is 11.9 Å². The molecule has 4 nitrogen and oxygen atoms in total. The van der Waals surface area contributed by atoms with Crippen LogP contribution in [0.3, 0.4) is 0 Å². The van der Waals surface area contributed by atoms with Gasteiger partial charge in [0.2, 0.25) is 0 Å². The first-order chi connectivity index (χ1) is 6.67. The van der Waals surface area contributed by atoms with Gasteiger partial charge < -0.3 is 4.74 Å². The zero-order chi connectivity index (χ0) is 10.6. The second-order valence-corrected chi connectivity index (χ2v) is 3.39. The molecule has 1 heterocycles. The molecule has 0 aliphatic carbocycles. The van der Waals surface area contributed by atoms with Gasteiger partial charge in [-0.1, -0.05) is 6.92 Å². The van der Waals surface area contributed by atoms with Crippen LogP contribution in [0.2, 0.25) is 0 Å². The first-order valence-corrected chi connectivity index (χ1v) is 4.77. The Morgan fingerprint density at radius 1 is 1.64 bits per heavy atom. The Balaban J connectivity index is 2.64. The van der Waals surface area contributed by atoms with Crippen LogP contribution >= 0.6 is 0 Å². The Morgan fingerprint density at radius 2 is 2.36 bits per heavy atom. The van der Waals surface area contributed by atoms with E-state index in [0.29, 0.717) is 18.2 Å². The van der Waals surface area contributed by atoms with Gasteiger partial charge in [-0.25, -0.2) is 0 Å². The maximum Gasteiger partial charge on any atom is 0.184 e. The fourth-order valence-electron chi connectivity index (χ4n) is 1.03. The summed E-state index contributed by atoms with van der Waals surface area (Å²) in [6.07, 6.45) is 3.76. The van der Waals surface area contributed by atoms with Crippen molar-refractivity contribution in [1.82, 2.24) is 9.78 Å². The lowest BCUT2D eigenvalue weighted by Crippen LogP contribution is -2.11. The molecule has 0 amide bonds. The van der Waals surface area contributed by atoms with Crippen LogP contribution in [-0.4, -0.2) is 15.9 Å². The van der Waals surface area contributed by atoms with E-state index in [4.69, 9.17) is 10.00 Å². The zero-order valence-electron chi connectivity index (χ0n) is 8.77. The van der Waals surface area contributed by atoms with E-state index in [-0.39, 0.29) is 6.10 Å². The van der Waals surface area contributed by atoms with Crippen LogP contribution in [0.4, 0.5) is 0 Å². The highest BCUT2D eigenvalue weighted by molar-refractivity contribution is 5.13. The number of hydrogen-bond acceptors (Lipinski definition) is 3. The Hall–Kier alpha value is -1.50. The van der Waals surface area contributed by atoms with E-state index in [1.165, 1.54) is 0 Å². The van der Waals surface area contributed by atoms with Crippen molar-refractivity contribution >= 4 is 0 Å². The highest BCUT2D eigenvalue weighted by Crippen LogP contribution is 2.14. The monoisotopic (exact) mass is 193 g/mol. The molecule has 0 N–H and O–H groups in total. The van der Waals surface area contributed by atoms with Gasteiger partial charge in [-0.2, -0.15) is 10.4 Å². The molecule has 0 radical (unpaired) electrons. The van der Waals surface area contributed by atoms with E-state index >= 15 is 0 Å². The summed E-state index contributed by atoms with van der Waals surface area (Å²) in [6.45, 7) is 6.00. The van der Waals surface area contributed by atoms with Crippen LogP contribution in [0.1, 0.15) is 33.2 Å². The van der Waals surface area contributed by atoms with Crippen LogP contribution in [0.5, 0.6) is 5.75 Å². The summed E-state index contributed by atoms with van der Waals surface area (Å²) in [5, 5.41) is 12.8. The molecule has 0 spiro atoms. The predicted molar refractivity (Wildman–Crippen MR) is 52.9 cm³/mol. The number of rotatable bonds is 4. The summed E-state index contributed by atoms with van der Waals surface area (Å²) >= 11 is 0. The van der Waals surface area contributed by atoms with Gasteiger partial charge >= 0.3 is 0 Å². The van der Waals surface area contributed by atoms with Crippen LogP contribution in [0.15, 0.2) is 12.4 Å². The smallest absolute Gasteiger partial charge is 0.184 e. The van der Waals surface area contributed by atoms with Crippen LogP contribution in [-0.2, 0) is 0 Å². The second kappa shape index (κ2) is 4.66. The van der Waals surface area contributed by atoms with Gasteiger partial charge in [0, 0.05) is 6.04 Å². The highest BCUT2D eigenvalue weighted by atomic mass is 16.5. The van der Waals surface area contributed by atoms with Crippen molar-refractivity contribution in [2.75, 3.05) is 0 Å². The molecule has 0 saturated heterocycles. The van der Waals surface area contributed by atoms with E-state index < -0.39 is 0 Å². The van der Waals surface area contributed by atoms with Crippen molar-refractivity contribution in [2.45, 2.75) is 39.3 Å². The van der Waals surface area contributed by atoms with Crippen molar-refractivity contribution in [1.29, 1.82) is 5.26 Å². The van der Waals surface area contributed by atoms with Crippen LogP contribution in [0, 0.1) is 11.3 Å². The Morgan fingerprint density at radius 3 is 2.79 bits per heavy atom. The lowest BCUT2D eigenvalue weighted by Gasteiger charge is -2.07. The molecule has 1 atom stereocenters. The van der Waals surface area contributed by atoms with E-state index in [1.54, 1.807) is 10.9 Å². The number of hydrogen-bond donors (Lipinski definition) is 0. The number of nitriles is 1. The molecule has 0 bridgehead atoms. The first kappa shape index (κ1) is 10.6. The molecule has 0 aliphatic rings. The predicted octanol–water partition coefficient (Wildman–Crippen LogP) is 2.14. The third kappa shape index (κ3) is 2.49. The van der Waals surface area contributed by atoms with Gasteiger partial charge in [-0.15, -0.1) is 0 Å². The zero-order valence-corrected chi connectivity index (χ0v) is 8.77. The van der Waals surface area contributed by atoms with Crippen molar-refractivity contribution in [3.8, 4) is 11.8 Å². The van der Waals surface area contributed by atoms with E-state index in [0.717, 1.165) is 0 Å². The highest BCUT2D eigenvalue weighted by Gasteiger charge is 2.08. The summed E-state index contributed by atoms with van der Waals surface area (Å²) in [5.74, 6) is 0.659. The largest absolute Gasteiger partial charge is 0.472 e. The van der Waals surface area contributed by atoms with Crippen molar-refractivity contribution in [2.24, 2.45) is 0 Å².